The SMILES string of the molecule is CCCn1nccc1[C@H](N)CC(=O)OCC. The maximum Gasteiger partial charge on any atom is 0.307 e. The summed E-state index contributed by atoms with van der Waals surface area (Å²) in [7, 11) is 0. The highest BCUT2D eigenvalue weighted by Gasteiger charge is 2.16. The fourth-order valence-corrected chi connectivity index (χ4v) is 1.56. The summed E-state index contributed by atoms with van der Waals surface area (Å²) in [4.78, 5) is 11.3. The third-order valence-electron chi connectivity index (χ3n) is 2.26. The summed E-state index contributed by atoms with van der Waals surface area (Å²) in [6.45, 7) is 5.06. The molecule has 16 heavy (non-hydrogen) atoms. The number of carbonyl (C=O) groups is 1. The van der Waals surface area contributed by atoms with Crippen molar-refractivity contribution in [2.45, 2.75) is 39.3 Å². The lowest BCUT2D eigenvalue weighted by Crippen LogP contribution is -2.20. The van der Waals surface area contributed by atoms with Crippen molar-refractivity contribution in [3.05, 3.63) is 18.0 Å². The first-order valence-electron chi connectivity index (χ1n) is 5.61. The van der Waals surface area contributed by atoms with E-state index >= 15 is 0 Å². The van der Waals surface area contributed by atoms with Gasteiger partial charge >= 0.3 is 5.97 Å². The Labute approximate surface area is 95.6 Å². The van der Waals surface area contributed by atoms with Crippen LogP contribution >= 0.6 is 0 Å². The molecular formula is C11H19N3O2. The Balaban J connectivity index is 2.61. The fourth-order valence-electron chi connectivity index (χ4n) is 1.56. The zero-order valence-corrected chi connectivity index (χ0v) is 9.85. The minimum Gasteiger partial charge on any atom is -0.466 e. The van der Waals surface area contributed by atoms with Gasteiger partial charge in [0, 0.05) is 12.7 Å². The smallest absolute Gasteiger partial charge is 0.307 e. The Morgan fingerprint density at radius 2 is 2.38 bits per heavy atom. The molecule has 0 fully saturated rings. The molecule has 1 atom stereocenters. The lowest BCUT2D eigenvalue weighted by Gasteiger charge is -2.13. The van der Waals surface area contributed by atoms with Gasteiger partial charge in [0.15, 0.2) is 0 Å². The third kappa shape index (κ3) is 3.34. The molecule has 1 rings (SSSR count). The Morgan fingerprint density at radius 1 is 1.62 bits per heavy atom. The average molecular weight is 225 g/mol. The van der Waals surface area contributed by atoms with Crippen molar-refractivity contribution in [2.24, 2.45) is 5.73 Å². The van der Waals surface area contributed by atoms with E-state index < -0.39 is 0 Å². The number of hydrogen-bond acceptors (Lipinski definition) is 4. The molecule has 0 unspecified atom stereocenters. The Hall–Kier alpha value is -1.36. The topological polar surface area (TPSA) is 70.1 Å². The minimum absolute atomic E-state index is 0.198. The summed E-state index contributed by atoms with van der Waals surface area (Å²) in [6, 6.07) is 1.51. The van der Waals surface area contributed by atoms with Crippen LogP contribution in [-0.2, 0) is 16.1 Å². The summed E-state index contributed by atoms with van der Waals surface area (Å²) in [5.74, 6) is -0.265. The lowest BCUT2D eigenvalue weighted by atomic mass is 10.1. The van der Waals surface area contributed by atoms with Gasteiger partial charge in [0.1, 0.15) is 0 Å². The van der Waals surface area contributed by atoms with Gasteiger partial charge in [0.2, 0.25) is 0 Å². The monoisotopic (exact) mass is 225 g/mol. The summed E-state index contributed by atoms with van der Waals surface area (Å²) in [6.07, 6.45) is 2.89. The second-order valence-corrected chi connectivity index (χ2v) is 3.59. The number of nitrogens with zero attached hydrogens (tertiary/aromatic N) is 2. The zero-order chi connectivity index (χ0) is 12.0. The fraction of sp³-hybridized carbons (Fsp3) is 0.636. The van der Waals surface area contributed by atoms with E-state index in [1.807, 2.05) is 10.7 Å². The first-order valence-corrected chi connectivity index (χ1v) is 5.61. The van der Waals surface area contributed by atoms with Crippen molar-refractivity contribution in [1.29, 1.82) is 0 Å². The maximum absolute atomic E-state index is 11.3. The predicted molar refractivity (Wildman–Crippen MR) is 60.7 cm³/mol. The van der Waals surface area contributed by atoms with Gasteiger partial charge in [0.25, 0.3) is 0 Å². The molecule has 0 radical (unpaired) electrons. The first kappa shape index (κ1) is 12.7. The van der Waals surface area contributed by atoms with Gasteiger partial charge in [-0.25, -0.2) is 0 Å². The van der Waals surface area contributed by atoms with E-state index in [0.717, 1.165) is 18.7 Å². The average Bonchev–Trinajstić information content (AvgIpc) is 2.66. The standard InChI is InChI=1S/C11H19N3O2/c1-3-7-14-10(5-6-13-14)9(12)8-11(15)16-4-2/h5-6,9H,3-4,7-8,12H2,1-2H3/t9-/m1/s1. The molecule has 2 N–H and O–H groups in total. The molecule has 1 aromatic rings. The van der Waals surface area contributed by atoms with E-state index in [0.29, 0.717) is 6.61 Å². The van der Waals surface area contributed by atoms with Crippen molar-refractivity contribution in [1.82, 2.24) is 9.78 Å². The number of rotatable bonds is 6. The van der Waals surface area contributed by atoms with Gasteiger partial charge < -0.3 is 10.5 Å². The van der Waals surface area contributed by atoms with Crippen LogP contribution in [0.3, 0.4) is 0 Å². The van der Waals surface area contributed by atoms with Gasteiger partial charge in [-0.15, -0.1) is 0 Å². The Kier molecular flexibility index (Phi) is 4.98. The Bertz CT molecular complexity index is 336. The van der Waals surface area contributed by atoms with E-state index in [-0.39, 0.29) is 18.4 Å². The van der Waals surface area contributed by atoms with Crippen LogP contribution < -0.4 is 5.73 Å². The molecule has 0 aliphatic carbocycles. The molecular weight excluding hydrogens is 206 g/mol. The van der Waals surface area contributed by atoms with Crippen LogP contribution in [0.4, 0.5) is 0 Å². The quantitative estimate of drug-likeness (QED) is 0.740. The number of hydrogen-bond donors (Lipinski definition) is 1. The second-order valence-electron chi connectivity index (χ2n) is 3.59. The molecule has 0 aromatic carbocycles. The summed E-state index contributed by atoms with van der Waals surface area (Å²) < 4.78 is 6.70. The maximum atomic E-state index is 11.3. The highest BCUT2D eigenvalue weighted by Crippen LogP contribution is 2.14. The number of aryl methyl sites for hydroxylation is 1. The minimum atomic E-state index is -0.340. The number of ether oxygens (including phenoxy) is 1. The molecule has 1 heterocycles. The molecule has 0 spiro atoms. The summed E-state index contributed by atoms with van der Waals surface area (Å²) >= 11 is 0. The van der Waals surface area contributed by atoms with Crippen molar-refractivity contribution in [3.8, 4) is 0 Å². The van der Waals surface area contributed by atoms with E-state index in [1.165, 1.54) is 0 Å². The van der Waals surface area contributed by atoms with Crippen LogP contribution in [0, 0.1) is 0 Å². The molecule has 90 valence electrons. The largest absolute Gasteiger partial charge is 0.466 e. The Morgan fingerprint density at radius 3 is 3.00 bits per heavy atom. The molecule has 0 saturated carbocycles. The van der Waals surface area contributed by atoms with Crippen molar-refractivity contribution < 1.29 is 9.53 Å². The predicted octanol–water partition coefficient (Wildman–Crippen LogP) is 1.25. The molecule has 5 heteroatoms. The second kappa shape index (κ2) is 6.27. The van der Waals surface area contributed by atoms with Crippen LogP contribution in [0.1, 0.15) is 38.4 Å². The van der Waals surface area contributed by atoms with Gasteiger partial charge in [-0.3, -0.25) is 9.48 Å². The highest BCUT2D eigenvalue weighted by molar-refractivity contribution is 5.70. The van der Waals surface area contributed by atoms with Crippen molar-refractivity contribution in [3.63, 3.8) is 0 Å². The van der Waals surface area contributed by atoms with Crippen LogP contribution in [0.15, 0.2) is 12.3 Å². The number of nitrogens with two attached hydrogens (primary N) is 1. The zero-order valence-electron chi connectivity index (χ0n) is 9.85. The van der Waals surface area contributed by atoms with E-state index in [2.05, 4.69) is 12.0 Å². The van der Waals surface area contributed by atoms with Crippen LogP contribution in [0.2, 0.25) is 0 Å². The highest BCUT2D eigenvalue weighted by atomic mass is 16.5. The van der Waals surface area contributed by atoms with Crippen LogP contribution in [0.5, 0.6) is 0 Å². The van der Waals surface area contributed by atoms with E-state index in [9.17, 15) is 4.79 Å². The van der Waals surface area contributed by atoms with Crippen molar-refractivity contribution in [2.75, 3.05) is 6.61 Å². The normalized spacial score (nSPS) is 12.4. The molecule has 0 bridgehead atoms. The summed E-state index contributed by atoms with van der Waals surface area (Å²) in [5, 5.41) is 4.16. The summed E-state index contributed by atoms with van der Waals surface area (Å²) in [5.41, 5.74) is 6.82. The molecule has 0 amide bonds. The van der Waals surface area contributed by atoms with E-state index in [4.69, 9.17) is 10.5 Å². The lowest BCUT2D eigenvalue weighted by molar-refractivity contribution is -0.143. The van der Waals surface area contributed by atoms with Gasteiger partial charge in [-0.05, 0) is 19.4 Å². The van der Waals surface area contributed by atoms with Crippen LogP contribution in [-0.4, -0.2) is 22.4 Å². The molecule has 1 aromatic heterocycles. The van der Waals surface area contributed by atoms with Crippen LogP contribution in [0.25, 0.3) is 0 Å². The molecule has 0 aliphatic heterocycles. The third-order valence-corrected chi connectivity index (χ3v) is 2.26. The van der Waals surface area contributed by atoms with Gasteiger partial charge in [-0.1, -0.05) is 6.92 Å². The van der Waals surface area contributed by atoms with Crippen molar-refractivity contribution >= 4 is 5.97 Å². The van der Waals surface area contributed by atoms with E-state index in [1.54, 1.807) is 13.1 Å². The molecule has 0 aliphatic rings. The number of carbonyl (C=O) groups excluding carboxylic acids is 1. The molecule has 0 saturated heterocycles. The van der Waals surface area contributed by atoms with Gasteiger partial charge in [0.05, 0.1) is 24.8 Å². The first-order chi connectivity index (χ1) is 7.69. The number of esters is 1. The molecule has 5 nitrogen and oxygen atoms in total. The van der Waals surface area contributed by atoms with Gasteiger partial charge in [-0.2, -0.15) is 5.10 Å². The number of aromatic nitrogens is 2.